The number of hydrogen-bond acceptors (Lipinski definition) is 4. The Balaban J connectivity index is 2.06. The van der Waals surface area contributed by atoms with Crippen LogP contribution in [0, 0.1) is 5.92 Å². The van der Waals surface area contributed by atoms with Crippen molar-refractivity contribution in [3.63, 3.8) is 0 Å². The maximum absolute atomic E-state index is 13.0. The van der Waals surface area contributed by atoms with Crippen LogP contribution in [0.2, 0.25) is 0 Å². The van der Waals surface area contributed by atoms with Crippen LogP contribution < -0.4 is 0 Å². The zero-order valence-electron chi connectivity index (χ0n) is 15.2. The van der Waals surface area contributed by atoms with Gasteiger partial charge in [-0.05, 0) is 43.7 Å². The van der Waals surface area contributed by atoms with Gasteiger partial charge in [-0.3, -0.25) is 9.78 Å². The monoisotopic (exact) mass is 340 g/mol. The Labute approximate surface area is 148 Å². The Bertz CT molecular complexity index is 829. The van der Waals surface area contributed by atoms with Crippen molar-refractivity contribution in [2.24, 2.45) is 5.92 Å². The number of aromatic nitrogens is 1. The zero-order chi connectivity index (χ0) is 18.1. The molecule has 5 nitrogen and oxygen atoms in total. The lowest BCUT2D eigenvalue weighted by Gasteiger charge is -2.25. The van der Waals surface area contributed by atoms with E-state index in [4.69, 9.17) is 9.72 Å². The molecule has 1 heterocycles. The maximum atomic E-state index is 13.0. The van der Waals surface area contributed by atoms with Gasteiger partial charge in [-0.25, -0.2) is 4.79 Å². The smallest absolute Gasteiger partial charge is 0.339 e. The number of ether oxygens (including phenoxy) is 1. The van der Waals surface area contributed by atoms with Crippen LogP contribution in [0.3, 0.4) is 0 Å². The maximum Gasteiger partial charge on any atom is 0.339 e. The predicted molar refractivity (Wildman–Crippen MR) is 96.5 cm³/mol. The van der Waals surface area contributed by atoms with Crippen LogP contribution in [0.15, 0.2) is 24.3 Å². The molecule has 0 saturated heterocycles. The van der Waals surface area contributed by atoms with Crippen LogP contribution in [0.5, 0.6) is 0 Å². The second-order valence-corrected chi connectivity index (χ2v) is 7.06. The van der Waals surface area contributed by atoms with Gasteiger partial charge in [-0.15, -0.1) is 0 Å². The molecule has 0 N–H and O–H groups in total. The summed E-state index contributed by atoms with van der Waals surface area (Å²) in [6, 6.07) is 7.63. The second kappa shape index (κ2) is 6.82. The summed E-state index contributed by atoms with van der Waals surface area (Å²) in [7, 11) is 3.30. The van der Waals surface area contributed by atoms with Crippen molar-refractivity contribution in [3.05, 3.63) is 41.1 Å². The molecule has 1 aromatic carbocycles. The van der Waals surface area contributed by atoms with Crippen LogP contribution in [-0.2, 0) is 22.4 Å². The number of pyridine rings is 1. The normalized spacial score (nSPS) is 17.7. The van der Waals surface area contributed by atoms with Gasteiger partial charge in [0, 0.05) is 25.2 Å². The molecular weight excluding hydrogens is 316 g/mol. The third-order valence-corrected chi connectivity index (χ3v) is 4.78. The number of rotatable bonds is 3. The van der Waals surface area contributed by atoms with Crippen molar-refractivity contribution in [2.75, 3.05) is 14.1 Å². The van der Waals surface area contributed by atoms with E-state index in [2.05, 4.69) is 6.92 Å². The summed E-state index contributed by atoms with van der Waals surface area (Å²) in [6.45, 7) is 3.80. The van der Waals surface area contributed by atoms with Crippen molar-refractivity contribution in [1.82, 2.24) is 9.88 Å². The summed E-state index contributed by atoms with van der Waals surface area (Å²) < 4.78 is 5.51. The van der Waals surface area contributed by atoms with Gasteiger partial charge >= 0.3 is 5.97 Å². The molecule has 0 saturated carbocycles. The van der Waals surface area contributed by atoms with Gasteiger partial charge in [0.15, 0.2) is 6.10 Å². The minimum Gasteiger partial charge on any atom is -0.449 e. The Kier molecular flexibility index (Phi) is 4.75. The minimum atomic E-state index is -0.814. The molecule has 0 bridgehead atoms. The molecule has 0 unspecified atom stereocenters. The van der Waals surface area contributed by atoms with E-state index >= 15 is 0 Å². The first-order valence-electron chi connectivity index (χ1n) is 8.71. The molecule has 2 aromatic rings. The summed E-state index contributed by atoms with van der Waals surface area (Å²) in [4.78, 5) is 31.2. The average molecular weight is 340 g/mol. The fourth-order valence-electron chi connectivity index (χ4n) is 3.43. The first-order valence-corrected chi connectivity index (χ1v) is 8.71. The van der Waals surface area contributed by atoms with Gasteiger partial charge in [0.1, 0.15) is 0 Å². The van der Waals surface area contributed by atoms with Crippen LogP contribution in [0.1, 0.15) is 41.9 Å². The van der Waals surface area contributed by atoms with E-state index in [0.29, 0.717) is 11.5 Å². The lowest BCUT2D eigenvalue weighted by molar-refractivity contribution is -0.137. The number of aryl methyl sites for hydroxylation is 1. The molecule has 3 rings (SSSR count). The summed E-state index contributed by atoms with van der Waals surface area (Å²) in [6.07, 6.45) is 1.94. The number of carbonyl (C=O) groups excluding carboxylic acids is 2. The summed E-state index contributed by atoms with van der Waals surface area (Å²) in [5.74, 6) is -0.163. The highest BCUT2D eigenvalue weighted by Crippen LogP contribution is 2.32. The van der Waals surface area contributed by atoms with Crippen molar-refractivity contribution >= 4 is 22.8 Å². The number of amides is 1. The van der Waals surface area contributed by atoms with Gasteiger partial charge in [-0.1, -0.05) is 25.1 Å². The van der Waals surface area contributed by atoms with E-state index in [9.17, 15) is 9.59 Å². The Morgan fingerprint density at radius 1 is 1.28 bits per heavy atom. The van der Waals surface area contributed by atoms with Crippen molar-refractivity contribution < 1.29 is 14.3 Å². The molecular formula is C20H24N2O3. The predicted octanol–water partition coefficient (Wildman–Crippen LogP) is 2.99. The molecule has 5 heteroatoms. The molecule has 25 heavy (non-hydrogen) atoms. The fourth-order valence-corrected chi connectivity index (χ4v) is 3.43. The number of hydrogen-bond donors (Lipinski definition) is 0. The Morgan fingerprint density at radius 3 is 2.72 bits per heavy atom. The number of nitrogens with zero attached hydrogens (tertiary/aromatic N) is 2. The quantitative estimate of drug-likeness (QED) is 0.806. The molecule has 1 aliphatic rings. The number of fused-ring (bicyclic) bond motifs is 2. The topological polar surface area (TPSA) is 59.5 Å². The molecule has 0 spiro atoms. The van der Waals surface area contributed by atoms with Crippen molar-refractivity contribution in [1.29, 1.82) is 0 Å². The van der Waals surface area contributed by atoms with Crippen LogP contribution in [-0.4, -0.2) is 42.0 Å². The zero-order valence-corrected chi connectivity index (χ0v) is 15.2. The second-order valence-electron chi connectivity index (χ2n) is 7.06. The van der Waals surface area contributed by atoms with E-state index in [1.54, 1.807) is 21.0 Å². The van der Waals surface area contributed by atoms with Gasteiger partial charge in [0.2, 0.25) is 0 Å². The van der Waals surface area contributed by atoms with E-state index in [0.717, 1.165) is 41.4 Å². The third-order valence-electron chi connectivity index (χ3n) is 4.78. The van der Waals surface area contributed by atoms with Gasteiger partial charge in [-0.2, -0.15) is 0 Å². The molecule has 0 fully saturated rings. The van der Waals surface area contributed by atoms with Gasteiger partial charge < -0.3 is 9.64 Å². The molecule has 1 aromatic heterocycles. The fraction of sp³-hybridized carbons (Fsp3) is 0.450. The third kappa shape index (κ3) is 3.36. The minimum absolute atomic E-state index is 0.228. The lowest BCUT2D eigenvalue weighted by atomic mass is 9.84. The summed E-state index contributed by atoms with van der Waals surface area (Å²) >= 11 is 0. The lowest BCUT2D eigenvalue weighted by Crippen LogP contribution is -2.35. The van der Waals surface area contributed by atoms with Crippen LogP contribution in [0.25, 0.3) is 10.9 Å². The highest BCUT2D eigenvalue weighted by atomic mass is 16.5. The molecule has 132 valence electrons. The Morgan fingerprint density at radius 2 is 2.00 bits per heavy atom. The first kappa shape index (κ1) is 17.4. The molecule has 1 amide bonds. The van der Waals surface area contributed by atoms with E-state index in [1.807, 2.05) is 24.3 Å². The number of likely N-dealkylation sites (N-methyl/N-ethyl adjacent to an activating group) is 1. The largest absolute Gasteiger partial charge is 0.449 e. The average Bonchev–Trinajstić information content (AvgIpc) is 2.58. The number of para-hydroxylation sites is 1. The van der Waals surface area contributed by atoms with Crippen LogP contribution in [0.4, 0.5) is 0 Å². The first-order chi connectivity index (χ1) is 11.9. The van der Waals surface area contributed by atoms with E-state index < -0.39 is 12.1 Å². The van der Waals surface area contributed by atoms with Crippen molar-refractivity contribution in [2.45, 2.75) is 39.2 Å². The van der Waals surface area contributed by atoms with Crippen molar-refractivity contribution in [3.8, 4) is 0 Å². The van der Waals surface area contributed by atoms with Crippen LogP contribution >= 0.6 is 0 Å². The van der Waals surface area contributed by atoms with Gasteiger partial charge in [0.25, 0.3) is 5.91 Å². The molecule has 0 radical (unpaired) electrons. The standard InChI is InChI=1S/C20H24N2O3/c1-12-9-10-17-15(11-12)18(14-7-5-6-8-16(14)21-17)20(24)25-13(2)19(23)22(3)4/h5-8,12-13H,9-11H2,1-4H3/t12-,13-/m1/s1. The van der Waals surface area contributed by atoms with E-state index in [1.165, 1.54) is 4.90 Å². The number of carbonyl (C=O) groups is 2. The SMILES string of the molecule is C[C@@H]1CCc2nc3ccccc3c(C(=O)O[C@H](C)C(=O)N(C)C)c2C1. The molecule has 0 aliphatic heterocycles. The Hall–Kier alpha value is -2.43. The molecule has 2 atom stereocenters. The molecule has 1 aliphatic carbocycles. The number of esters is 1. The van der Waals surface area contributed by atoms with E-state index in [-0.39, 0.29) is 5.91 Å². The highest BCUT2D eigenvalue weighted by Gasteiger charge is 2.28. The summed E-state index contributed by atoms with van der Waals surface area (Å²) in [5.41, 5.74) is 3.34. The summed E-state index contributed by atoms with van der Waals surface area (Å²) in [5, 5.41) is 0.796. The van der Waals surface area contributed by atoms with Gasteiger partial charge in [0.05, 0.1) is 11.1 Å². The number of benzene rings is 1. The highest BCUT2D eigenvalue weighted by molar-refractivity contribution is 6.05.